The van der Waals surface area contributed by atoms with Gasteiger partial charge in [-0.1, -0.05) is 42.5 Å². The Labute approximate surface area is 186 Å². The van der Waals surface area contributed by atoms with Crippen LogP contribution < -0.4 is 10.2 Å². The molecule has 0 spiro atoms. The molecule has 3 rings (SSSR count). The van der Waals surface area contributed by atoms with Crippen LogP contribution in [0.5, 0.6) is 0 Å². The van der Waals surface area contributed by atoms with Gasteiger partial charge in [-0.15, -0.1) is 0 Å². The Morgan fingerprint density at radius 1 is 1.03 bits per heavy atom. The Morgan fingerprint density at radius 2 is 1.69 bits per heavy atom. The molecule has 2 aromatic carbocycles. The first-order valence-corrected chi connectivity index (χ1v) is 10.3. The average molecular weight is 438 g/mol. The van der Waals surface area contributed by atoms with Gasteiger partial charge in [0, 0.05) is 12.0 Å². The summed E-state index contributed by atoms with van der Waals surface area (Å²) in [6.45, 7) is 4.73. The second kappa shape index (κ2) is 9.64. The molecule has 1 aliphatic rings. The van der Waals surface area contributed by atoms with Crippen LogP contribution in [0.25, 0.3) is 0 Å². The molecule has 8 heteroatoms. The first kappa shape index (κ1) is 23.0. The van der Waals surface area contributed by atoms with E-state index in [1.807, 2.05) is 30.3 Å². The number of para-hydroxylation sites is 1. The molecule has 0 radical (unpaired) electrons. The topological polar surface area (TPSA) is 102 Å². The van der Waals surface area contributed by atoms with Crippen LogP contribution in [0.15, 0.2) is 54.6 Å². The summed E-state index contributed by atoms with van der Waals surface area (Å²) in [5, 5.41) is 2.47. The van der Waals surface area contributed by atoms with E-state index in [9.17, 15) is 19.2 Å². The van der Waals surface area contributed by atoms with Gasteiger partial charge in [0.25, 0.3) is 5.91 Å². The molecule has 168 valence electrons. The van der Waals surface area contributed by atoms with E-state index in [0.717, 1.165) is 5.56 Å². The Morgan fingerprint density at radius 3 is 2.38 bits per heavy atom. The fourth-order valence-corrected chi connectivity index (χ4v) is 3.27. The number of hydrogen-bond acceptors (Lipinski definition) is 6. The van der Waals surface area contributed by atoms with E-state index < -0.39 is 36.2 Å². The standard InChI is InChI=1S/C24H26N2O6/c1-24(2,3)32-23(30)25-18-13-20(27)17-11-7-8-12-19(17)26(22(18)29)14-21(28)31-15-16-9-5-4-6-10-16/h4-12,18H,13-15H2,1-3H3,(H,25,30)/t18-/m0/s1. The second-order valence-electron chi connectivity index (χ2n) is 8.41. The third-order valence-corrected chi connectivity index (χ3v) is 4.67. The number of esters is 1. The Bertz CT molecular complexity index is 1010. The number of hydrogen-bond donors (Lipinski definition) is 1. The normalized spacial score (nSPS) is 16.1. The molecule has 32 heavy (non-hydrogen) atoms. The van der Waals surface area contributed by atoms with Crippen LogP contribution in [0.1, 0.15) is 43.1 Å². The molecule has 2 aromatic rings. The predicted octanol–water partition coefficient (Wildman–Crippen LogP) is 3.24. The lowest BCUT2D eigenvalue weighted by atomic mass is 10.0. The van der Waals surface area contributed by atoms with Crippen molar-refractivity contribution in [2.45, 2.75) is 45.4 Å². The van der Waals surface area contributed by atoms with Crippen molar-refractivity contribution in [1.82, 2.24) is 5.32 Å². The van der Waals surface area contributed by atoms with Gasteiger partial charge in [0.15, 0.2) is 5.78 Å². The highest BCUT2D eigenvalue weighted by Gasteiger charge is 2.37. The number of nitrogens with one attached hydrogen (secondary N) is 1. The maximum Gasteiger partial charge on any atom is 0.408 e. The van der Waals surface area contributed by atoms with Crippen molar-refractivity contribution in [2.24, 2.45) is 0 Å². The van der Waals surface area contributed by atoms with Gasteiger partial charge in [-0.3, -0.25) is 19.3 Å². The van der Waals surface area contributed by atoms with Gasteiger partial charge in [-0.05, 0) is 38.5 Å². The molecule has 0 aromatic heterocycles. The lowest BCUT2D eigenvalue weighted by Gasteiger charge is -2.26. The Kier molecular flexibility index (Phi) is 6.92. The van der Waals surface area contributed by atoms with E-state index >= 15 is 0 Å². The molecular weight excluding hydrogens is 412 g/mol. The third-order valence-electron chi connectivity index (χ3n) is 4.67. The molecule has 1 atom stereocenters. The molecule has 8 nitrogen and oxygen atoms in total. The lowest BCUT2D eigenvalue weighted by Crippen LogP contribution is -2.50. The average Bonchev–Trinajstić information content (AvgIpc) is 2.82. The smallest absolute Gasteiger partial charge is 0.408 e. The molecule has 0 saturated carbocycles. The van der Waals surface area contributed by atoms with Crippen LogP contribution >= 0.6 is 0 Å². The molecule has 0 fully saturated rings. The Hall–Kier alpha value is -3.68. The Balaban J connectivity index is 1.79. The number of fused-ring (bicyclic) bond motifs is 1. The van der Waals surface area contributed by atoms with Crippen LogP contribution in [0.3, 0.4) is 0 Å². The second-order valence-corrected chi connectivity index (χ2v) is 8.41. The third kappa shape index (κ3) is 5.94. The molecule has 2 amide bonds. The molecule has 0 unspecified atom stereocenters. The highest BCUT2D eigenvalue weighted by molar-refractivity contribution is 6.14. The highest BCUT2D eigenvalue weighted by atomic mass is 16.6. The highest BCUT2D eigenvalue weighted by Crippen LogP contribution is 2.27. The summed E-state index contributed by atoms with van der Waals surface area (Å²) in [6, 6.07) is 14.5. The quantitative estimate of drug-likeness (QED) is 0.719. The van der Waals surface area contributed by atoms with Crippen molar-refractivity contribution in [1.29, 1.82) is 0 Å². The first-order chi connectivity index (χ1) is 15.1. The number of carbonyl (C=O) groups is 4. The van der Waals surface area contributed by atoms with Gasteiger partial charge in [-0.2, -0.15) is 0 Å². The van der Waals surface area contributed by atoms with Gasteiger partial charge in [-0.25, -0.2) is 4.79 Å². The van der Waals surface area contributed by atoms with Gasteiger partial charge < -0.3 is 14.8 Å². The lowest BCUT2D eigenvalue weighted by molar-refractivity contribution is -0.144. The maximum atomic E-state index is 13.3. The zero-order chi connectivity index (χ0) is 23.3. The van der Waals surface area contributed by atoms with E-state index in [1.165, 1.54) is 4.90 Å². The van der Waals surface area contributed by atoms with E-state index in [4.69, 9.17) is 9.47 Å². The number of amides is 2. The zero-order valence-corrected chi connectivity index (χ0v) is 18.3. The van der Waals surface area contributed by atoms with Gasteiger partial charge >= 0.3 is 12.1 Å². The summed E-state index contributed by atoms with van der Waals surface area (Å²) in [5.74, 6) is -1.55. The summed E-state index contributed by atoms with van der Waals surface area (Å²) in [5.41, 5.74) is 0.632. The molecule has 0 aliphatic carbocycles. The summed E-state index contributed by atoms with van der Waals surface area (Å²) in [7, 11) is 0. The minimum atomic E-state index is -1.17. The maximum absolute atomic E-state index is 13.3. The number of rotatable bonds is 5. The van der Waals surface area contributed by atoms with Crippen LogP contribution in [0, 0.1) is 0 Å². The van der Waals surface area contributed by atoms with Gasteiger partial charge in [0.1, 0.15) is 24.8 Å². The number of alkyl carbamates (subject to hydrolysis) is 1. The zero-order valence-electron chi connectivity index (χ0n) is 18.3. The number of nitrogens with zero attached hydrogens (tertiary/aromatic N) is 1. The number of benzene rings is 2. The van der Waals surface area contributed by atoms with Crippen LogP contribution in [-0.4, -0.2) is 41.9 Å². The number of carbonyl (C=O) groups excluding carboxylic acids is 4. The molecule has 0 bridgehead atoms. The molecule has 0 saturated heterocycles. The molecule has 1 aliphatic heterocycles. The number of Topliss-reactive ketones (excluding diaryl/α,β-unsaturated/α-hetero) is 1. The van der Waals surface area contributed by atoms with Crippen molar-refractivity contribution < 1.29 is 28.7 Å². The van der Waals surface area contributed by atoms with Crippen molar-refractivity contribution in [2.75, 3.05) is 11.4 Å². The van der Waals surface area contributed by atoms with Crippen molar-refractivity contribution >= 4 is 29.4 Å². The monoisotopic (exact) mass is 438 g/mol. The first-order valence-electron chi connectivity index (χ1n) is 10.3. The van der Waals surface area contributed by atoms with Gasteiger partial charge in [0.2, 0.25) is 0 Å². The number of anilines is 1. The fourth-order valence-electron chi connectivity index (χ4n) is 3.27. The summed E-state index contributed by atoms with van der Waals surface area (Å²) >= 11 is 0. The summed E-state index contributed by atoms with van der Waals surface area (Å²) in [6.07, 6.45) is -1.06. The predicted molar refractivity (Wildman–Crippen MR) is 117 cm³/mol. The minimum absolute atomic E-state index is 0.0574. The fraction of sp³-hybridized carbons (Fsp3) is 0.333. The van der Waals surface area contributed by atoms with Crippen molar-refractivity contribution in [3.63, 3.8) is 0 Å². The summed E-state index contributed by atoms with van der Waals surface area (Å²) in [4.78, 5) is 52.0. The molecule has 1 N–H and O–H groups in total. The van der Waals surface area contributed by atoms with E-state index in [0.29, 0.717) is 11.3 Å². The van der Waals surface area contributed by atoms with E-state index in [2.05, 4.69) is 5.32 Å². The molecule has 1 heterocycles. The van der Waals surface area contributed by atoms with Crippen LogP contribution in [0.2, 0.25) is 0 Å². The van der Waals surface area contributed by atoms with Gasteiger partial charge in [0.05, 0.1) is 5.69 Å². The van der Waals surface area contributed by atoms with Crippen molar-refractivity contribution in [3.05, 3.63) is 65.7 Å². The largest absolute Gasteiger partial charge is 0.459 e. The molecular formula is C24H26N2O6. The van der Waals surface area contributed by atoms with E-state index in [1.54, 1.807) is 45.0 Å². The van der Waals surface area contributed by atoms with Crippen LogP contribution in [0.4, 0.5) is 10.5 Å². The number of ether oxygens (including phenoxy) is 2. The summed E-state index contributed by atoms with van der Waals surface area (Å²) < 4.78 is 10.5. The van der Waals surface area contributed by atoms with Crippen LogP contribution in [-0.2, 0) is 25.7 Å². The minimum Gasteiger partial charge on any atom is -0.459 e. The van der Waals surface area contributed by atoms with Crippen molar-refractivity contribution in [3.8, 4) is 0 Å². The van der Waals surface area contributed by atoms with E-state index in [-0.39, 0.29) is 18.8 Å². The number of ketones is 1. The SMILES string of the molecule is CC(C)(C)OC(=O)N[C@H]1CC(=O)c2ccccc2N(CC(=O)OCc2ccccc2)C1=O.